The maximum atomic E-state index is 11.1. The molecule has 7 heteroatoms. The quantitative estimate of drug-likeness (QED) is 0.412. The van der Waals surface area contributed by atoms with E-state index in [-0.39, 0.29) is 0 Å². The number of hydrogen-bond acceptors (Lipinski definition) is 6. The predicted molar refractivity (Wildman–Crippen MR) is 54.6 cm³/mol. The van der Waals surface area contributed by atoms with Gasteiger partial charge in [0.1, 0.15) is 16.9 Å². The van der Waals surface area contributed by atoms with Gasteiger partial charge < -0.3 is 9.30 Å². The van der Waals surface area contributed by atoms with Crippen molar-refractivity contribution in [1.29, 1.82) is 0 Å². The molecule has 15 heavy (non-hydrogen) atoms. The first-order chi connectivity index (χ1) is 7.22. The topological polar surface area (TPSA) is 69.9 Å². The summed E-state index contributed by atoms with van der Waals surface area (Å²) in [4.78, 5) is 23.2. The van der Waals surface area contributed by atoms with Crippen molar-refractivity contribution in [3.8, 4) is 0 Å². The first-order valence-corrected chi connectivity index (χ1v) is 4.92. The van der Waals surface area contributed by atoms with Crippen molar-refractivity contribution in [1.82, 2.24) is 19.5 Å². The first kappa shape index (κ1) is 9.91. The zero-order chi connectivity index (χ0) is 10.8. The van der Waals surface area contributed by atoms with Crippen LogP contribution in [0.2, 0.25) is 0 Å². The molecule has 0 aliphatic carbocycles. The zero-order valence-electron chi connectivity index (χ0n) is 8.17. The molecule has 0 amide bonds. The van der Waals surface area contributed by atoms with Crippen molar-refractivity contribution in [2.75, 3.05) is 7.11 Å². The number of carbonyl (C=O) groups is 1. The first-order valence-electron chi connectivity index (χ1n) is 4.10. The summed E-state index contributed by atoms with van der Waals surface area (Å²) in [6.45, 7) is 0. The van der Waals surface area contributed by atoms with Gasteiger partial charge in [-0.25, -0.2) is 19.7 Å². The molecule has 2 aromatic heterocycles. The van der Waals surface area contributed by atoms with Crippen LogP contribution in [0.25, 0.3) is 11.2 Å². The molecule has 0 saturated carbocycles. The second-order valence-corrected chi connectivity index (χ2v) is 3.69. The van der Waals surface area contributed by atoms with Crippen LogP contribution >= 0.6 is 11.8 Å². The summed E-state index contributed by atoms with van der Waals surface area (Å²) in [5, 5.41) is 0.0908. The summed E-state index contributed by atoms with van der Waals surface area (Å²) in [5.74, 6) is 0. The number of nitrogens with zero attached hydrogens (tertiary/aromatic N) is 4. The Labute approximate surface area is 89.7 Å². The normalized spacial score (nSPS) is 10.5. The zero-order valence-corrected chi connectivity index (χ0v) is 8.98. The Morgan fingerprint density at radius 2 is 2.27 bits per heavy atom. The minimum absolute atomic E-state index is 0.416. The molecule has 2 aromatic rings. The maximum absolute atomic E-state index is 11.1. The van der Waals surface area contributed by atoms with Crippen molar-refractivity contribution < 1.29 is 9.53 Å². The summed E-state index contributed by atoms with van der Waals surface area (Å²) in [6.07, 6.45) is 3.02. The van der Waals surface area contributed by atoms with E-state index < -0.39 is 5.30 Å². The van der Waals surface area contributed by atoms with Gasteiger partial charge in [0, 0.05) is 18.8 Å². The average molecular weight is 224 g/mol. The average Bonchev–Trinajstić information content (AvgIpc) is 2.62. The molecule has 0 aliphatic rings. The van der Waals surface area contributed by atoms with Gasteiger partial charge in [0.15, 0.2) is 5.65 Å². The Balaban J connectivity index is 2.47. The molecule has 6 nitrogen and oxygen atoms in total. The number of fused-ring (bicyclic) bond motifs is 1. The third-order valence-corrected chi connectivity index (χ3v) is 2.64. The van der Waals surface area contributed by atoms with E-state index in [0.29, 0.717) is 16.2 Å². The highest BCUT2D eigenvalue weighted by Crippen LogP contribution is 2.23. The maximum Gasteiger partial charge on any atom is 0.373 e. The lowest BCUT2D eigenvalue weighted by Crippen LogP contribution is -1.95. The monoisotopic (exact) mass is 224 g/mol. The third kappa shape index (κ3) is 1.78. The van der Waals surface area contributed by atoms with Crippen LogP contribution in [0.1, 0.15) is 0 Å². The molecule has 0 N–H and O–H groups in total. The van der Waals surface area contributed by atoms with Gasteiger partial charge in [-0.2, -0.15) is 0 Å². The minimum Gasteiger partial charge on any atom is -0.461 e. The summed E-state index contributed by atoms with van der Waals surface area (Å²) in [7, 11) is 3.15. The van der Waals surface area contributed by atoms with Crippen LogP contribution in [0, 0.1) is 0 Å². The molecule has 0 atom stereocenters. The van der Waals surface area contributed by atoms with Gasteiger partial charge in [-0.05, 0) is 0 Å². The second kappa shape index (κ2) is 3.85. The van der Waals surface area contributed by atoms with Crippen LogP contribution in [-0.4, -0.2) is 31.9 Å². The van der Waals surface area contributed by atoms with Crippen molar-refractivity contribution in [3.05, 3.63) is 12.7 Å². The molecule has 0 aliphatic heterocycles. The number of thioether (sulfide) groups is 1. The lowest BCUT2D eigenvalue weighted by atomic mass is 10.5. The molecule has 2 rings (SSSR count). The number of aromatic nitrogens is 4. The highest BCUT2D eigenvalue weighted by molar-refractivity contribution is 8.13. The number of aryl methyl sites for hydroxylation is 1. The Kier molecular flexibility index (Phi) is 2.55. The highest BCUT2D eigenvalue weighted by Gasteiger charge is 2.12. The molecular formula is C8H8N4O2S. The van der Waals surface area contributed by atoms with Crippen LogP contribution in [0.15, 0.2) is 17.7 Å². The minimum atomic E-state index is -0.416. The van der Waals surface area contributed by atoms with Crippen molar-refractivity contribution in [2.24, 2.45) is 7.05 Å². The van der Waals surface area contributed by atoms with E-state index in [2.05, 4.69) is 19.7 Å². The van der Waals surface area contributed by atoms with E-state index in [4.69, 9.17) is 0 Å². The SMILES string of the molecule is COC(=O)Sc1ncnc2c1ncn2C. The van der Waals surface area contributed by atoms with Crippen LogP contribution < -0.4 is 0 Å². The van der Waals surface area contributed by atoms with Crippen LogP contribution in [0.4, 0.5) is 4.79 Å². The molecule has 0 radical (unpaired) electrons. The number of imidazole rings is 1. The standard InChI is InChI=1S/C8H8N4O2S/c1-12-4-11-5-6(12)9-3-10-7(5)15-8(13)14-2/h3-4H,1-2H3. The van der Waals surface area contributed by atoms with Gasteiger partial charge in [-0.15, -0.1) is 0 Å². The van der Waals surface area contributed by atoms with Crippen LogP contribution in [0.3, 0.4) is 0 Å². The number of methoxy groups -OCH3 is 1. The number of rotatable bonds is 1. The summed E-state index contributed by atoms with van der Waals surface area (Å²) < 4.78 is 6.30. The van der Waals surface area contributed by atoms with E-state index in [9.17, 15) is 4.79 Å². The van der Waals surface area contributed by atoms with Gasteiger partial charge in [-0.3, -0.25) is 0 Å². The molecule has 0 aromatic carbocycles. The summed E-state index contributed by atoms with van der Waals surface area (Å²) >= 11 is 0.898. The fraction of sp³-hybridized carbons (Fsp3) is 0.250. The van der Waals surface area contributed by atoms with Gasteiger partial charge in [-0.1, -0.05) is 0 Å². The lowest BCUT2D eigenvalue weighted by molar-refractivity contribution is 0.200. The Morgan fingerprint density at radius 1 is 1.47 bits per heavy atom. The summed E-state index contributed by atoms with van der Waals surface area (Å²) in [5.41, 5.74) is 1.30. The number of hydrogen-bond donors (Lipinski definition) is 0. The number of carbonyl (C=O) groups excluding carboxylic acids is 1. The van der Waals surface area contributed by atoms with Gasteiger partial charge in [0.2, 0.25) is 0 Å². The van der Waals surface area contributed by atoms with E-state index >= 15 is 0 Å². The molecule has 0 spiro atoms. The summed E-state index contributed by atoms with van der Waals surface area (Å²) in [6, 6.07) is 0. The molecule has 0 unspecified atom stereocenters. The molecular weight excluding hydrogens is 216 g/mol. The van der Waals surface area contributed by atoms with E-state index in [1.165, 1.54) is 13.4 Å². The van der Waals surface area contributed by atoms with Gasteiger partial charge in [0.25, 0.3) is 0 Å². The van der Waals surface area contributed by atoms with Gasteiger partial charge in [0.05, 0.1) is 13.4 Å². The second-order valence-electron chi connectivity index (χ2n) is 2.76. The predicted octanol–water partition coefficient (Wildman–Crippen LogP) is 1.22. The molecule has 2 heterocycles. The lowest BCUT2D eigenvalue weighted by Gasteiger charge is -1.98. The van der Waals surface area contributed by atoms with Gasteiger partial charge >= 0.3 is 5.30 Å². The van der Waals surface area contributed by atoms with Crippen molar-refractivity contribution in [3.63, 3.8) is 0 Å². The fourth-order valence-electron chi connectivity index (χ4n) is 1.12. The van der Waals surface area contributed by atoms with Crippen LogP contribution in [-0.2, 0) is 11.8 Å². The van der Waals surface area contributed by atoms with Crippen molar-refractivity contribution in [2.45, 2.75) is 5.03 Å². The van der Waals surface area contributed by atoms with E-state index in [0.717, 1.165) is 11.8 Å². The third-order valence-electron chi connectivity index (χ3n) is 1.81. The van der Waals surface area contributed by atoms with Crippen LogP contribution in [0.5, 0.6) is 0 Å². The Morgan fingerprint density at radius 3 is 3.00 bits per heavy atom. The molecule has 0 saturated heterocycles. The van der Waals surface area contributed by atoms with E-state index in [1.807, 2.05) is 7.05 Å². The van der Waals surface area contributed by atoms with E-state index in [1.54, 1.807) is 10.9 Å². The number of ether oxygens (including phenoxy) is 1. The highest BCUT2D eigenvalue weighted by atomic mass is 32.2. The smallest absolute Gasteiger partial charge is 0.373 e. The molecule has 0 fully saturated rings. The fourth-order valence-corrected chi connectivity index (χ4v) is 1.70. The Bertz CT molecular complexity index is 510. The largest absolute Gasteiger partial charge is 0.461 e. The van der Waals surface area contributed by atoms with Crippen molar-refractivity contribution >= 4 is 28.2 Å². The molecule has 78 valence electrons. The molecule has 0 bridgehead atoms. The Hall–Kier alpha value is -1.63.